The normalized spacial score (nSPS) is 13.1. The predicted molar refractivity (Wildman–Crippen MR) is 91.2 cm³/mol. The predicted octanol–water partition coefficient (Wildman–Crippen LogP) is 2.71. The molecule has 0 saturated carbocycles. The van der Waals surface area contributed by atoms with Crippen molar-refractivity contribution in [3.63, 3.8) is 0 Å². The van der Waals surface area contributed by atoms with Crippen molar-refractivity contribution in [3.05, 3.63) is 24.2 Å². The Morgan fingerprint density at radius 3 is 2.82 bits per heavy atom. The van der Waals surface area contributed by atoms with Crippen LogP contribution in [0, 0.1) is 0 Å². The van der Waals surface area contributed by atoms with E-state index in [1.165, 1.54) is 0 Å². The summed E-state index contributed by atoms with van der Waals surface area (Å²) in [5.74, 6) is 1.86. The van der Waals surface area contributed by atoms with Crippen molar-refractivity contribution in [2.45, 2.75) is 58.4 Å². The fourth-order valence-electron chi connectivity index (χ4n) is 2.01. The average molecular weight is 309 g/mol. The summed E-state index contributed by atoms with van der Waals surface area (Å²) in [6.07, 6.45) is 7.77. The van der Waals surface area contributed by atoms with Gasteiger partial charge in [0.2, 0.25) is 0 Å². The summed E-state index contributed by atoms with van der Waals surface area (Å²) in [7, 11) is 0. The fraction of sp³-hybridized carbons (Fsp3) is 0.706. The Kier molecular flexibility index (Phi) is 10.2. The van der Waals surface area contributed by atoms with E-state index in [1.807, 2.05) is 12.1 Å². The number of aliphatic imine (C=N–C) groups is 1. The number of aliphatic hydroxyl groups is 1. The van der Waals surface area contributed by atoms with Gasteiger partial charge in [0.15, 0.2) is 5.96 Å². The van der Waals surface area contributed by atoms with Crippen molar-refractivity contribution in [1.29, 1.82) is 0 Å². The van der Waals surface area contributed by atoms with Crippen LogP contribution >= 0.6 is 0 Å². The molecule has 1 aromatic rings. The van der Waals surface area contributed by atoms with Gasteiger partial charge in [0.1, 0.15) is 5.76 Å². The van der Waals surface area contributed by atoms with E-state index in [-0.39, 0.29) is 0 Å². The molecule has 1 atom stereocenters. The first kappa shape index (κ1) is 18.6. The zero-order chi connectivity index (χ0) is 16.0. The molecule has 0 aliphatic heterocycles. The highest BCUT2D eigenvalue weighted by atomic mass is 16.3. The second-order valence-corrected chi connectivity index (χ2v) is 5.58. The number of unbranched alkanes of at least 4 members (excludes halogenated alkanes) is 3. The van der Waals surface area contributed by atoms with Gasteiger partial charge in [-0.15, -0.1) is 0 Å². The van der Waals surface area contributed by atoms with Crippen LogP contribution in [0.5, 0.6) is 0 Å². The lowest BCUT2D eigenvalue weighted by Crippen LogP contribution is -2.42. The lowest BCUT2D eigenvalue weighted by Gasteiger charge is -2.16. The molecule has 0 spiro atoms. The first-order valence-electron chi connectivity index (χ1n) is 8.44. The molecular formula is C17H31N3O2. The van der Waals surface area contributed by atoms with E-state index in [1.54, 1.807) is 6.26 Å². The monoisotopic (exact) mass is 309 g/mol. The summed E-state index contributed by atoms with van der Waals surface area (Å²) >= 11 is 0. The third-order valence-electron chi connectivity index (χ3n) is 3.58. The van der Waals surface area contributed by atoms with Gasteiger partial charge < -0.3 is 20.2 Å². The molecule has 1 heterocycles. The second kappa shape index (κ2) is 12.1. The van der Waals surface area contributed by atoms with Gasteiger partial charge in [-0.25, -0.2) is 0 Å². The molecule has 3 N–H and O–H groups in total. The van der Waals surface area contributed by atoms with E-state index < -0.39 is 0 Å². The lowest BCUT2D eigenvalue weighted by molar-refractivity contribution is 0.282. The van der Waals surface area contributed by atoms with Gasteiger partial charge in [0.05, 0.1) is 6.26 Å². The Morgan fingerprint density at radius 1 is 1.32 bits per heavy atom. The molecule has 5 heteroatoms. The van der Waals surface area contributed by atoms with Crippen LogP contribution in [0.4, 0.5) is 0 Å². The third-order valence-corrected chi connectivity index (χ3v) is 3.58. The molecule has 126 valence electrons. The number of rotatable bonds is 11. The second-order valence-electron chi connectivity index (χ2n) is 5.58. The smallest absolute Gasteiger partial charge is 0.191 e. The number of guanidine groups is 1. The molecule has 22 heavy (non-hydrogen) atoms. The number of hydrogen-bond acceptors (Lipinski definition) is 3. The molecule has 0 amide bonds. The lowest BCUT2D eigenvalue weighted by atomic mass is 10.2. The van der Waals surface area contributed by atoms with Gasteiger partial charge in [0.25, 0.3) is 0 Å². The molecule has 1 rings (SSSR count). The summed E-state index contributed by atoms with van der Waals surface area (Å²) in [5, 5.41) is 15.5. The largest absolute Gasteiger partial charge is 0.469 e. The van der Waals surface area contributed by atoms with Crippen LogP contribution in [-0.4, -0.2) is 36.8 Å². The summed E-state index contributed by atoms with van der Waals surface area (Å²) in [6.45, 7) is 6.23. The first-order valence-corrected chi connectivity index (χ1v) is 8.44. The maximum atomic E-state index is 8.76. The average Bonchev–Trinajstić information content (AvgIpc) is 3.03. The van der Waals surface area contributed by atoms with Gasteiger partial charge in [-0.1, -0.05) is 19.8 Å². The van der Waals surface area contributed by atoms with Crippen molar-refractivity contribution >= 4 is 5.96 Å². The molecule has 0 aromatic carbocycles. The fourth-order valence-corrected chi connectivity index (χ4v) is 2.01. The van der Waals surface area contributed by atoms with Crippen LogP contribution in [0.15, 0.2) is 27.8 Å². The number of hydrogen-bond donors (Lipinski definition) is 3. The number of nitrogens with one attached hydrogen (secondary N) is 2. The minimum absolute atomic E-state index is 0.290. The van der Waals surface area contributed by atoms with E-state index in [2.05, 4.69) is 29.5 Å². The van der Waals surface area contributed by atoms with Crippen LogP contribution in [-0.2, 0) is 6.42 Å². The topological polar surface area (TPSA) is 69.8 Å². The maximum Gasteiger partial charge on any atom is 0.191 e. The van der Waals surface area contributed by atoms with E-state index in [0.29, 0.717) is 12.6 Å². The van der Waals surface area contributed by atoms with Crippen LogP contribution in [0.3, 0.4) is 0 Å². The summed E-state index contributed by atoms with van der Waals surface area (Å²) in [5.41, 5.74) is 0. The Labute approximate surface area is 134 Å². The minimum Gasteiger partial charge on any atom is -0.469 e. The Morgan fingerprint density at radius 2 is 2.14 bits per heavy atom. The molecular weight excluding hydrogens is 278 g/mol. The highest BCUT2D eigenvalue weighted by Gasteiger charge is 2.04. The Bertz CT molecular complexity index is 391. The van der Waals surface area contributed by atoms with Gasteiger partial charge in [-0.05, 0) is 38.3 Å². The zero-order valence-corrected chi connectivity index (χ0v) is 14.0. The first-order chi connectivity index (χ1) is 10.8. The number of aliphatic hydroxyl groups excluding tert-OH is 1. The molecule has 0 radical (unpaired) electrons. The molecule has 1 unspecified atom stereocenters. The van der Waals surface area contributed by atoms with Crippen LogP contribution in [0.25, 0.3) is 0 Å². The highest BCUT2D eigenvalue weighted by Crippen LogP contribution is 2.01. The summed E-state index contributed by atoms with van der Waals surface area (Å²) in [6, 6.07) is 4.31. The van der Waals surface area contributed by atoms with E-state index in [4.69, 9.17) is 9.52 Å². The van der Waals surface area contributed by atoms with Gasteiger partial charge >= 0.3 is 0 Å². The van der Waals surface area contributed by atoms with E-state index >= 15 is 0 Å². The van der Waals surface area contributed by atoms with Crippen LogP contribution < -0.4 is 10.6 Å². The van der Waals surface area contributed by atoms with Gasteiger partial charge in [-0.2, -0.15) is 0 Å². The van der Waals surface area contributed by atoms with E-state index in [9.17, 15) is 0 Å². The molecule has 0 saturated heterocycles. The standard InChI is InChI=1S/C17H31N3O2/c1-3-15(2)20-17(18-11-6-4-5-7-13-21)19-12-10-16-9-8-14-22-16/h8-9,14-15,21H,3-7,10-13H2,1-2H3,(H2,18,19,20). The Hall–Kier alpha value is -1.49. The maximum absolute atomic E-state index is 8.76. The van der Waals surface area contributed by atoms with Crippen molar-refractivity contribution in [1.82, 2.24) is 10.6 Å². The van der Waals surface area contributed by atoms with Crippen molar-refractivity contribution < 1.29 is 9.52 Å². The van der Waals surface area contributed by atoms with Crippen molar-refractivity contribution in [2.24, 2.45) is 4.99 Å². The Balaban J connectivity index is 2.30. The minimum atomic E-state index is 0.290. The van der Waals surface area contributed by atoms with Gasteiger partial charge in [-0.3, -0.25) is 4.99 Å². The highest BCUT2D eigenvalue weighted by molar-refractivity contribution is 5.80. The molecule has 5 nitrogen and oxygen atoms in total. The van der Waals surface area contributed by atoms with Crippen molar-refractivity contribution in [3.8, 4) is 0 Å². The third kappa shape index (κ3) is 8.72. The van der Waals surface area contributed by atoms with Gasteiger partial charge in [0, 0.05) is 32.2 Å². The van der Waals surface area contributed by atoms with Crippen LogP contribution in [0.1, 0.15) is 51.7 Å². The summed E-state index contributed by atoms with van der Waals surface area (Å²) in [4.78, 5) is 4.63. The molecule has 0 aliphatic carbocycles. The molecule has 0 aliphatic rings. The van der Waals surface area contributed by atoms with Crippen molar-refractivity contribution in [2.75, 3.05) is 19.7 Å². The SMILES string of the molecule is CCC(C)NC(=NCCCCCCO)NCCc1ccco1. The zero-order valence-electron chi connectivity index (χ0n) is 14.0. The summed E-state index contributed by atoms with van der Waals surface area (Å²) < 4.78 is 5.33. The van der Waals surface area contributed by atoms with E-state index in [0.717, 1.165) is 63.3 Å². The molecule has 0 bridgehead atoms. The number of nitrogens with zero attached hydrogens (tertiary/aromatic N) is 1. The quantitative estimate of drug-likeness (QED) is 0.334. The number of furan rings is 1. The molecule has 0 fully saturated rings. The van der Waals surface area contributed by atoms with Crippen LogP contribution in [0.2, 0.25) is 0 Å². The molecule has 1 aromatic heterocycles.